The van der Waals surface area contributed by atoms with Gasteiger partial charge in [0.2, 0.25) is 0 Å². The van der Waals surface area contributed by atoms with Crippen LogP contribution in [0.4, 0.5) is 0 Å². The number of hydrogen-bond donors (Lipinski definition) is 1. The summed E-state index contributed by atoms with van der Waals surface area (Å²) in [6, 6.07) is 0. The third-order valence-corrected chi connectivity index (χ3v) is 4.36. The number of carbonyl (C=O) groups excluding carboxylic acids is 1. The van der Waals surface area contributed by atoms with Gasteiger partial charge in [-0.25, -0.2) is 0 Å². The molecule has 0 saturated carbocycles. The zero-order chi connectivity index (χ0) is 12.1. The van der Waals surface area contributed by atoms with E-state index in [1.54, 1.807) is 13.0 Å². The number of Topliss-reactive ketones (excluding diaryl/α,β-unsaturated/α-hetero) is 1. The number of alkyl halides is 3. The third-order valence-electron chi connectivity index (χ3n) is 2.16. The van der Waals surface area contributed by atoms with E-state index < -0.39 is 10.4 Å². The van der Waals surface area contributed by atoms with E-state index in [9.17, 15) is 9.90 Å². The Bertz CT molecular complexity index is 252. The van der Waals surface area contributed by atoms with Crippen LogP contribution in [0.5, 0.6) is 0 Å². The molecule has 0 amide bonds. The van der Waals surface area contributed by atoms with Crippen LogP contribution in [-0.2, 0) is 4.79 Å². The molecule has 0 bridgehead atoms. The number of carbonyl (C=O) groups is 1. The zero-order valence-electron chi connectivity index (χ0n) is 8.77. The average Bonchev–Trinajstić information content (AvgIpc) is 2.23. The highest BCUT2D eigenvalue weighted by Gasteiger charge is 2.28. The van der Waals surface area contributed by atoms with Gasteiger partial charge in [-0.1, -0.05) is 37.9 Å². The summed E-state index contributed by atoms with van der Waals surface area (Å²) in [6.45, 7) is 3.56. The molecular weight excluding hydrogens is 347 g/mol. The molecule has 0 aliphatic heterocycles. The first-order chi connectivity index (χ1) is 6.85. The smallest absolute Gasteiger partial charge is 0.168 e. The Morgan fingerprint density at radius 3 is 2.60 bits per heavy atom. The molecule has 88 valence electrons. The molecule has 2 nitrogen and oxygen atoms in total. The summed E-state index contributed by atoms with van der Waals surface area (Å²) in [5, 5.41) is 10.1. The van der Waals surface area contributed by atoms with Gasteiger partial charge in [0.1, 0.15) is 0 Å². The molecule has 0 aromatic rings. The molecular formula is C10H15Br2ClO2. The van der Waals surface area contributed by atoms with Gasteiger partial charge in [0.05, 0.1) is 15.8 Å². The van der Waals surface area contributed by atoms with Crippen molar-refractivity contribution in [3.05, 3.63) is 11.6 Å². The van der Waals surface area contributed by atoms with Gasteiger partial charge in [0, 0.05) is 5.88 Å². The van der Waals surface area contributed by atoms with Gasteiger partial charge in [-0.2, -0.15) is 0 Å². The Balaban J connectivity index is 4.32. The number of aliphatic hydroxyl groups is 1. The van der Waals surface area contributed by atoms with E-state index in [-0.39, 0.29) is 5.78 Å². The van der Waals surface area contributed by atoms with E-state index in [0.717, 1.165) is 0 Å². The molecule has 0 aliphatic rings. The van der Waals surface area contributed by atoms with Crippen molar-refractivity contribution in [2.45, 2.75) is 30.7 Å². The number of rotatable bonds is 6. The monoisotopic (exact) mass is 360 g/mol. The predicted octanol–water partition coefficient (Wildman–Crippen LogP) is 3.04. The van der Waals surface area contributed by atoms with Crippen LogP contribution in [0.25, 0.3) is 0 Å². The first-order valence-corrected chi connectivity index (χ1v) is 6.99. The molecule has 1 N–H and O–H groups in total. The lowest BCUT2D eigenvalue weighted by Crippen LogP contribution is -2.34. The van der Waals surface area contributed by atoms with Crippen molar-refractivity contribution in [2.75, 3.05) is 11.2 Å². The maximum atomic E-state index is 11.2. The van der Waals surface area contributed by atoms with Crippen LogP contribution in [-0.4, -0.2) is 32.5 Å². The van der Waals surface area contributed by atoms with Crippen LogP contribution in [0.15, 0.2) is 11.6 Å². The van der Waals surface area contributed by atoms with Gasteiger partial charge in [0.25, 0.3) is 0 Å². The standard InChI is InChI=1S/C10H15Br2ClO2/c1-7(8(14)5-11)3-4-9(15)10(2,12)6-13/h3,9,15H,4-6H2,1-2H3. The molecule has 2 atom stereocenters. The summed E-state index contributed by atoms with van der Waals surface area (Å²) < 4.78 is -0.511. The Morgan fingerprint density at radius 2 is 2.20 bits per heavy atom. The van der Waals surface area contributed by atoms with Gasteiger partial charge in [-0.3, -0.25) is 4.79 Å². The van der Waals surface area contributed by atoms with Crippen molar-refractivity contribution in [1.82, 2.24) is 0 Å². The second kappa shape index (κ2) is 7.05. The molecule has 0 radical (unpaired) electrons. The van der Waals surface area contributed by atoms with Crippen LogP contribution in [0, 0.1) is 0 Å². The maximum Gasteiger partial charge on any atom is 0.168 e. The number of ketones is 1. The number of halogens is 3. The SMILES string of the molecule is CC(=CCC(O)C(C)(Br)CCl)C(=O)CBr. The van der Waals surface area contributed by atoms with E-state index in [1.807, 2.05) is 6.92 Å². The molecule has 5 heteroatoms. The Labute approximate surface area is 112 Å². The van der Waals surface area contributed by atoms with Crippen LogP contribution in [0.3, 0.4) is 0 Å². The van der Waals surface area contributed by atoms with Crippen LogP contribution < -0.4 is 0 Å². The van der Waals surface area contributed by atoms with Crippen LogP contribution in [0.1, 0.15) is 20.3 Å². The molecule has 0 spiro atoms. The molecule has 0 aliphatic carbocycles. The average molecular weight is 362 g/mol. The highest BCUT2D eigenvalue weighted by Crippen LogP contribution is 2.26. The quantitative estimate of drug-likeness (QED) is 0.582. The van der Waals surface area contributed by atoms with Crippen molar-refractivity contribution in [3.8, 4) is 0 Å². The van der Waals surface area contributed by atoms with Gasteiger partial charge >= 0.3 is 0 Å². The molecule has 0 fully saturated rings. The second-order valence-electron chi connectivity index (χ2n) is 3.61. The van der Waals surface area contributed by atoms with Gasteiger partial charge in [-0.05, 0) is 25.8 Å². The van der Waals surface area contributed by atoms with E-state index in [1.165, 1.54) is 0 Å². The lowest BCUT2D eigenvalue weighted by Gasteiger charge is -2.25. The molecule has 0 aromatic heterocycles. The minimum atomic E-state index is -0.604. The summed E-state index contributed by atoms with van der Waals surface area (Å²) in [5.41, 5.74) is 0.656. The highest BCUT2D eigenvalue weighted by atomic mass is 79.9. The summed E-state index contributed by atoms with van der Waals surface area (Å²) in [5.74, 6) is 0.345. The minimum Gasteiger partial charge on any atom is -0.391 e. The van der Waals surface area contributed by atoms with E-state index in [4.69, 9.17) is 11.6 Å². The van der Waals surface area contributed by atoms with Crippen molar-refractivity contribution in [3.63, 3.8) is 0 Å². The molecule has 0 aromatic carbocycles. The molecule has 0 heterocycles. The van der Waals surface area contributed by atoms with Gasteiger partial charge < -0.3 is 5.11 Å². The van der Waals surface area contributed by atoms with E-state index >= 15 is 0 Å². The predicted molar refractivity (Wildman–Crippen MR) is 71.2 cm³/mol. The van der Waals surface area contributed by atoms with Crippen molar-refractivity contribution >= 4 is 49.2 Å². The number of aliphatic hydroxyl groups excluding tert-OH is 1. The minimum absolute atomic E-state index is 0.0318. The fourth-order valence-corrected chi connectivity index (χ4v) is 1.65. The highest BCUT2D eigenvalue weighted by molar-refractivity contribution is 9.10. The lowest BCUT2D eigenvalue weighted by molar-refractivity contribution is -0.113. The van der Waals surface area contributed by atoms with Gasteiger partial charge in [0.15, 0.2) is 5.78 Å². The summed E-state index contributed by atoms with van der Waals surface area (Å²) >= 11 is 12.1. The Kier molecular flexibility index (Phi) is 7.34. The topological polar surface area (TPSA) is 37.3 Å². The maximum absolute atomic E-state index is 11.2. The first-order valence-electron chi connectivity index (χ1n) is 4.54. The number of hydrogen-bond acceptors (Lipinski definition) is 2. The summed E-state index contributed by atoms with van der Waals surface area (Å²) in [4.78, 5) is 11.2. The van der Waals surface area contributed by atoms with Crippen molar-refractivity contribution < 1.29 is 9.90 Å². The largest absolute Gasteiger partial charge is 0.391 e. The second-order valence-corrected chi connectivity index (χ2v) is 6.25. The normalized spacial score (nSPS) is 18.4. The third kappa shape index (κ3) is 5.48. The summed E-state index contributed by atoms with van der Waals surface area (Å²) in [6.07, 6.45) is 1.55. The molecule has 0 rings (SSSR count). The molecule has 2 unspecified atom stereocenters. The fourth-order valence-electron chi connectivity index (χ4n) is 0.842. The summed E-state index contributed by atoms with van der Waals surface area (Å²) in [7, 11) is 0. The Hall–Kier alpha value is 0.620. The number of allylic oxidation sites excluding steroid dienone is 1. The zero-order valence-corrected chi connectivity index (χ0v) is 12.7. The lowest BCUT2D eigenvalue weighted by atomic mass is 10.0. The van der Waals surface area contributed by atoms with Crippen molar-refractivity contribution in [2.24, 2.45) is 0 Å². The van der Waals surface area contributed by atoms with E-state index in [0.29, 0.717) is 23.2 Å². The van der Waals surface area contributed by atoms with Crippen LogP contribution in [0.2, 0.25) is 0 Å². The van der Waals surface area contributed by atoms with Gasteiger partial charge in [-0.15, -0.1) is 11.6 Å². The fraction of sp³-hybridized carbons (Fsp3) is 0.700. The first kappa shape index (κ1) is 15.6. The molecule has 15 heavy (non-hydrogen) atoms. The van der Waals surface area contributed by atoms with E-state index in [2.05, 4.69) is 31.9 Å². The van der Waals surface area contributed by atoms with Crippen molar-refractivity contribution in [1.29, 1.82) is 0 Å². The molecule has 0 saturated heterocycles. The van der Waals surface area contributed by atoms with Crippen LogP contribution >= 0.6 is 43.5 Å². The Morgan fingerprint density at radius 1 is 1.67 bits per heavy atom.